The Morgan fingerprint density at radius 1 is 0.800 bits per heavy atom. The zero-order valence-corrected chi connectivity index (χ0v) is 18.0. The third kappa shape index (κ3) is 13.8. The zero-order chi connectivity index (χ0) is 22.9. The first-order valence-electron chi connectivity index (χ1n) is 9.65. The highest BCUT2D eigenvalue weighted by atomic mass is 16.5. The molecule has 0 fully saturated rings. The number of carboxylic acids is 1. The number of nitrogens with one attached hydrogen (secondary N) is 1. The molecule has 0 saturated heterocycles. The number of amides is 1. The minimum Gasteiger partial charge on any atom is -0.480 e. The molecular formula is C18H34N4O8. The molecule has 12 heteroatoms. The number of aliphatic carboxylic acids is 1. The Hall–Kier alpha value is -2.28. The lowest BCUT2D eigenvalue weighted by atomic mass is 10.3. The fourth-order valence-electron chi connectivity index (χ4n) is 2.54. The first-order valence-corrected chi connectivity index (χ1v) is 9.65. The summed E-state index contributed by atoms with van der Waals surface area (Å²) in [7, 11) is 2.50. The maximum Gasteiger partial charge on any atom is 0.319 e. The third-order valence-corrected chi connectivity index (χ3v) is 4.23. The predicted molar refractivity (Wildman–Crippen MR) is 107 cm³/mol. The van der Waals surface area contributed by atoms with Gasteiger partial charge in [0.05, 0.1) is 47.0 Å². The number of esters is 2. The summed E-state index contributed by atoms with van der Waals surface area (Å²) < 4.78 is 9.29. The number of methoxy groups -OCH3 is 2. The molecule has 0 radical (unpaired) electrons. The highest BCUT2D eigenvalue weighted by Crippen LogP contribution is 1.98. The molecule has 0 aliphatic heterocycles. The van der Waals surface area contributed by atoms with Crippen LogP contribution in [0.3, 0.4) is 0 Å². The van der Waals surface area contributed by atoms with Crippen molar-refractivity contribution in [1.82, 2.24) is 20.0 Å². The number of ether oxygens (including phenoxy) is 2. The molecule has 174 valence electrons. The summed E-state index contributed by atoms with van der Waals surface area (Å²) in [6, 6.07) is 0. The Morgan fingerprint density at radius 2 is 1.30 bits per heavy atom. The second kappa shape index (κ2) is 16.5. The van der Waals surface area contributed by atoms with Gasteiger partial charge in [0.15, 0.2) is 0 Å². The van der Waals surface area contributed by atoms with Crippen LogP contribution in [-0.2, 0) is 28.7 Å². The predicted octanol–water partition coefficient (Wildman–Crippen LogP) is -2.55. The number of hydrogen-bond donors (Lipinski definition) is 3. The minimum absolute atomic E-state index is 0.0227. The number of aliphatic hydroxyl groups excluding tert-OH is 1. The second-order valence-corrected chi connectivity index (χ2v) is 6.48. The van der Waals surface area contributed by atoms with Gasteiger partial charge in [-0.1, -0.05) is 6.92 Å². The van der Waals surface area contributed by atoms with Gasteiger partial charge in [-0.2, -0.15) is 0 Å². The van der Waals surface area contributed by atoms with Crippen molar-refractivity contribution in [3.05, 3.63) is 0 Å². The maximum absolute atomic E-state index is 12.1. The number of carbonyl (C=O) groups is 4. The van der Waals surface area contributed by atoms with Crippen LogP contribution in [0.1, 0.15) is 6.92 Å². The molecule has 0 atom stereocenters. The van der Waals surface area contributed by atoms with E-state index in [4.69, 9.17) is 10.2 Å². The van der Waals surface area contributed by atoms with E-state index < -0.39 is 17.9 Å². The minimum atomic E-state index is -0.938. The molecule has 0 aromatic rings. The SMILES string of the molecule is CCN(CCN(CCN(CC(=O)OC)CC(=O)OC)CC(=O)NCCO)CC(=O)O. The van der Waals surface area contributed by atoms with Crippen LogP contribution in [0.15, 0.2) is 0 Å². The van der Waals surface area contributed by atoms with Crippen molar-refractivity contribution in [3.63, 3.8) is 0 Å². The monoisotopic (exact) mass is 434 g/mol. The van der Waals surface area contributed by atoms with E-state index in [1.165, 1.54) is 14.2 Å². The average Bonchev–Trinajstić information content (AvgIpc) is 2.71. The molecule has 0 aliphatic carbocycles. The van der Waals surface area contributed by atoms with Gasteiger partial charge in [0.25, 0.3) is 0 Å². The fraction of sp³-hybridized carbons (Fsp3) is 0.778. The van der Waals surface area contributed by atoms with E-state index in [0.29, 0.717) is 26.2 Å². The smallest absolute Gasteiger partial charge is 0.319 e. The van der Waals surface area contributed by atoms with Gasteiger partial charge in [0, 0.05) is 32.7 Å². The van der Waals surface area contributed by atoms with Gasteiger partial charge in [-0.25, -0.2) is 0 Å². The van der Waals surface area contributed by atoms with Crippen LogP contribution in [0.4, 0.5) is 0 Å². The van der Waals surface area contributed by atoms with Crippen molar-refractivity contribution in [2.45, 2.75) is 6.92 Å². The molecule has 0 unspecified atom stereocenters. The van der Waals surface area contributed by atoms with Crippen molar-refractivity contribution in [1.29, 1.82) is 0 Å². The fourth-order valence-corrected chi connectivity index (χ4v) is 2.54. The Kier molecular flexibility index (Phi) is 15.3. The summed E-state index contributed by atoms with van der Waals surface area (Å²) in [4.78, 5) is 51.3. The van der Waals surface area contributed by atoms with Crippen LogP contribution >= 0.6 is 0 Å². The molecule has 30 heavy (non-hydrogen) atoms. The van der Waals surface area contributed by atoms with Gasteiger partial charge >= 0.3 is 17.9 Å². The number of likely N-dealkylation sites (N-methyl/N-ethyl adjacent to an activating group) is 1. The summed E-state index contributed by atoms with van der Waals surface area (Å²) in [6.45, 7) is 3.45. The molecule has 12 nitrogen and oxygen atoms in total. The Morgan fingerprint density at radius 3 is 1.73 bits per heavy atom. The Bertz CT molecular complexity index is 528. The van der Waals surface area contributed by atoms with Crippen LogP contribution in [0, 0.1) is 0 Å². The van der Waals surface area contributed by atoms with Crippen LogP contribution in [0.5, 0.6) is 0 Å². The van der Waals surface area contributed by atoms with Crippen molar-refractivity contribution >= 4 is 23.8 Å². The lowest BCUT2D eigenvalue weighted by molar-refractivity contribution is -0.146. The zero-order valence-electron chi connectivity index (χ0n) is 18.0. The van der Waals surface area contributed by atoms with Crippen molar-refractivity contribution in [2.24, 2.45) is 0 Å². The largest absolute Gasteiger partial charge is 0.480 e. The normalized spacial score (nSPS) is 11.0. The van der Waals surface area contributed by atoms with E-state index >= 15 is 0 Å². The summed E-state index contributed by atoms with van der Waals surface area (Å²) in [6.07, 6.45) is 0. The van der Waals surface area contributed by atoms with Gasteiger partial charge in [-0.05, 0) is 6.54 Å². The van der Waals surface area contributed by atoms with Gasteiger partial charge in [0.2, 0.25) is 5.91 Å². The molecule has 0 saturated carbocycles. The lowest BCUT2D eigenvalue weighted by Gasteiger charge is -2.28. The molecule has 1 amide bonds. The van der Waals surface area contributed by atoms with Gasteiger partial charge < -0.3 is 25.0 Å². The Labute approximate surface area is 176 Å². The second-order valence-electron chi connectivity index (χ2n) is 6.48. The number of hydrogen-bond acceptors (Lipinski definition) is 10. The maximum atomic E-state index is 12.1. The molecule has 0 heterocycles. The van der Waals surface area contributed by atoms with Crippen LogP contribution in [-0.4, -0.2) is 135 Å². The van der Waals surface area contributed by atoms with E-state index in [-0.39, 0.29) is 51.8 Å². The van der Waals surface area contributed by atoms with Crippen molar-refractivity contribution < 1.29 is 38.9 Å². The van der Waals surface area contributed by atoms with E-state index in [2.05, 4.69) is 14.8 Å². The molecule has 3 N–H and O–H groups in total. The van der Waals surface area contributed by atoms with Gasteiger partial charge in [0.1, 0.15) is 0 Å². The van der Waals surface area contributed by atoms with Crippen LogP contribution in [0.25, 0.3) is 0 Å². The topological polar surface area (TPSA) is 149 Å². The Balaban J connectivity index is 5.01. The molecule has 0 aromatic carbocycles. The molecule has 0 aromatic heterocycles. The molecule has 0 bridgehead atoms. The summed E-state index contributed by atoms with van der Waals surface area (Å²) in [5, 5.41) is 20.4. The molecule has 0 aliphatic rings. The molecular weight excluding hydrogens is 400 g/mol. The van der Waals surface area contributed by atoms with Crippen LogP contribution in [0.2, 0.25) is 0 Å². The number of carboxylic acid groups (broad SMARTS) is 1. The third-order valence-electron chi connectivity index (χ3n) is 4.23. The van der Waals surface area contributed by atoms with Gasteiger partial charge in [-0.3, -0.25) is 33.9 Å². The van der Waals surface area contributed by atoms with E-state index in [1.54, 1.807) is 14.7 Å². The summed E-state index contributed by atoms with van der Waals surface area (Å²) >= 11 is 0. The summed E-state index contributed by atoms with van der Waals surface area (Å²) in [5.41, 5.74) is 0. The standard InChI is InChI=1S/C18H34N4O8/c1-4-20(12-16(25)26)6-7-21(11-15(24)19-5-10-23)8-9-22(13-17(27)29-2)14-18(28)30-3/h23H,4-14H2,1-3H3,(H,19,24)(H,25,26). The van der Waals surface area contributed by atoms with E-state index in [1.807, 2.05) is 6.92 Å². The molecule has 0 spiro atoms. The highest BCUT2D eigenvalue weighted by molar-refractivity contribution is 5.78. The highest BCUT2D eigenvalue weighted by Gasteiger charge is 2.19. The first-order chi connectivity index (χ1) is 14.2. The number of carbonyl (C=O) groups excluding carboxylic acids is 3. The summed E-state index contributed by atoms with van der Waals surface area (Å²) in [5.74, 6) is -2.25. The number of aliphatic hydroxyl groups is 1. The number of rotatable bonds is 17. The van der Waals surface area contributed by atoms with Crippen molar-refractivity contribution in [2.75, 3.05) is 86.3 Å². The lowest BCUT2D eigenvalue weighted by Crippen LogP contribution is -2.46. The van der Waals surface area contributed by atoms with Gasteiger partial charge in [-0.15, -0.1) is 0 Å². The van der Waals surface area contributed by atoms with E-state index in [9.17, 15) is 19.2 Å². The molecule has 0 rings (SSSR count). The first kappa shape index (κ1) is 27.7. The van der Waals surface area contributed by atoms with E-state index in [0.717, 1.165) is 0 Å². The number of nitrogens with zero attached hydrogens (tertiary/aromatic N) is 3. The van der Waals surface area contributed by atoms with Crippen molar-refractivity contribution in [3.8, 4) is 0 Å². The quantitative estimate of drug-likeness (QED) is 0.208. The van der Waals surface area contributed by atoms with Crippen LogP contribution < -0.4 is 5.32 Å². The average molecular weight is 434 g/mol.